The molecule has 0 atom stereocenters. The number of carbonyl (C=O) groups excluding carboxylic acids is 1. The van der Waals surface area contributed by atoms with E-state index in [1.807, 2.05) is 0 Å². The van der Waals surface area contributed by atoms with Crippen molar-refractivity contribution in [1.82, 2.24) is 9.97 Å². The quantitative estimate of drug-likeness (QED) is 0.674. The number of ketones is 1. The fourth-order valence-electron chi connectivity index (χ4n) is 1.27. The Morgan fingerprint density at radius 1 is 1.31 bits per heavy atom. The van der Waals surface area contributed by atoms with Gasteiger partial charge < -0.3 is 5.73 Å². The maximum Gasteiger partial charge on any atom is 0.214 e. The van der Waals surface area contributed by atoms with Crippen LogP contribution in [0, 0.1) is 0 Å². The van der Waals surface area contributed by atoms with Crippen molar-refractivity contribution in [3.05, 3.63) is 52.5 Å². The van der Waals surface area contributed by atoms with E-state index >= 15 is 0 Å². The molecule has 5 heteroatoms. The molecule has 0 spiro atoms. The maximum atomic E-state index is 12.0. The molecule has 2 rings (SSSR count). The molecule has 0 fully saturated rings. The number of aromatic nitrogens is 2. The minimum Gasteiger partial charge on any atom is -0.399 e. The lowest BCUT2D eigenvalue weighted by atomic mass is 10.1. The zero-order valence-corrected chi connectivity index (χ0v) is 9.81. The maximum absolute atomic E-state index is 12.0. The Kier molecular flexibility index (Phi) is 2.96. The minimum atomic E-state index is -0.202. The van der Waals surface area contributed by atoms with Gasteiger partial charge in [-0.3, -0.25) is 9.78 Å². The van der Waals surface area contributed by atoms with Crippen LogP contribution in [0.5, 0.6) is 0 Å². The van der Waals surface area contributed by atoms with Gasteiger partial charge in [0.1, 0.15) is 5.69 Å². The molecule has 0 saturated heterocycles. The second-order valence-corrected chi connectivity index (χ2v) is 4.01. The SMILES string of the molecule is Nc1ccc(Br)c(C(=O)c2cnccn2)c1. The Bertz CT molecular complexity index is 528. The van der Waals surface area contributed by atoms with E-state index in [4.69, 9.17) is 5.73 Å². The van der Waals surface area contributed by atoms with Gasteiger partial charge in [-0.2, -0.15) is 0 Å². The summed E-state index contributed by atoms with van der Waals surface area (Å²) in [6, 6.07) is 5.07. The highest BCUT2D eigenvalue weighted by molar-refractivity contribution is 9.10. The van der Waals surface area contributed by atoms with Crippen molar-refractivity contribution in [1.29, 1.82) is 0 Å². The summed E-state index contributed by atoms with van der Waals surface area (Å²) < 4.78 is 0.692. The number of hydrogen-bond acceptors (Lipinski definition) is 4. The first-order chi connectivity index (χ1) is 7.68. The highest BCUT2D eigenvalue weighted by Crippen LogP contribution is 2.21. The van der Waals surface area contributed by atoms with Gasteiger partial charge in [0.15, 0.2) is 0 Å². The summed E-state index contributed by atoms with van der Waals surface area (Å²) in [5.41, 5.74) is 6.96. The largest absolute Gasteiger partial charge is 0.399 e. The first kappa shape index (κ1) is 10.8. The Balaban J connectivity index is 2.46. The molecular weight excluding hydrogens is 270 g/mol. The lowest BCUT2D eigenvalue weighted by Crippen LogP contribution is -2.05. The van der Waals surface area contributed by atoms with Gasteiger partial charge in [0.2, 0.25) is 5.78 Å². The number of halogens is 1. The summed E-state index contributed by atoms with van der Waals surface area (Å²) in [6.07, 6.45) is 4.43. The van der Waals surface area contributed by atoms with Gasteiger partial charge in [-0.25, -0.2) is 4.98 Å². The molecule has 0 amide bonds. The first-order valence-electron chi connectivity index (χ1n) is 4.54. The molecule has 0 aliphatic carbocycles. The van der Waals surface area contributed by atoms with Gasteiger partial charge in [0, 0.05) is 28.1 Å². The lowest BCUT2D eigenvalue weighted by molar-refractivity contribution is 0.103. The van der Waals surface area contributed by atoms with Gasteiger partial charge in [-0.05, 0) is 18.2 Å². The number of nitrogen functional groups attached to an aromatic ring is 1. The van der Waals surface area contributed by atoms with Crippen LogP contribution < -0.4 is 5.73 Å². The number of carbonyl (C=O) groups is 1. The van der Waals surface area contributed by atoms with Crippen LogP contribution in [0.2, 0.25) is 0 Å². The van der Waals surface area contributed by atoms with Crippen molar-refractivity contribution in [2.24, 2.45) is 0 Å². The van der Waals surface area contributed by atoms with E-state index in [0.29, 0.717) is 21.4 Å². The summed E-state index contributed by atoms with van der Waals surface area (Å²) in [7, 11) is 0. The van der Waals surface area contributed by atoms with E-state index < -0.39 is 0 Å². The Hall–Kier alpha value is -1.75. The molecule has 2 aromatic rings. The summed E-state index contributed by atoms with van der Waals surface area (Å²) in [4.78, 5) is 19.8. The molecular formula is C11H8BrN3O. The number of nitrogens with zero attached hydrogens (tertiary/aromatic N) is 2. The molecule has 0 unspecified atom stereocenters. The normalized spacial score (nSPS) is 10.1. The second-order valence-electron chi connectivity index (χ2n) is 3.16. The average Bonchev–Trinajstić information content (AvgIpc) is 2.32. The van der Waals surface area contributed by atoms with Crippen LogP contribution in [-0.4, -0.2) is 15.8 Å². The molecule has 80 valence electrons. The van der Waals surface area contributed by atoms with E-state index in [-0.39, 0.29) is 5.78 Å². The smallest absolute Gasteiger partial charge is 0.214 e. The van der Waals surface area contributed by atoms with Crippen molar-refractivity contribution in [2.75, 3.05) is 5.73 Å². The zero-order valence-electron chi connectivity index (χ0n) is 8.22. The summed E-state index contributed by atoms with van der Waals surface area (Å²) in [6.45, 7) is 0. The van der Waals surface area contributed by atoms with Gasteiger partial charge in [0.05, 0.1) is 6.20 Å². The highest BCUT2D eigenvalue weighted by atomic mass is 79.9. The molecule has 16 heavy (non-hydrogen) atoms. The third-order valence-corrected chi connectivity index (χ3v) is 2.72. The second kappa shape index (κ2) is 4.40. The van der Waals surface area contributed by atoms with Crippen LogP contribution in [0.15, 0.2) is 41.3 Å². The van der Waals surface area contributed by atoms with Crippen molar-refractivity contribution in [3.63, 3.8) is 0 Å². The molecule has 0 saturated carbocycles. The van der Waals surface area contributed by atoms with E-state index in [1.165, 1.54) is 18.6 Å². The van der Waals surface area contributed by atoms with E-state index in [1.54, 1.807) is 18.2 Å². The number of rotatable bonds is 2. The lowest BCUT2D eigenvalue weighted by Gasteiger charge is -2.03. The minimum absolute atomic E-state index is 0.202. The van der Waals surface area contributed by atoms with Crippen LogP contribution in [0.25, 0.3) is 0 Å². The predicted octanol–water partition coefficient (Wildman–Crippen LogP) is 2.05. The Morgan fingerprint density at radius 3 is 2.81 bits per heavy atom. The third-order valence-electron chi connectivity index (χ3n) is 2.03. The Labute approximate surface area is 101 Å². The molecule has 0 aliphatic heterocycles. The van der Waals surface area contributed by atoms with E-state index in [2.05, 4.69) is 25.9 Å². The molecule has 1 heterocycles. The molecule has 4 nitrogen and oxygen atoms in total. The Morgan fingerprint density at radius 2 is 2.12 bits per heavy atom. The summed E-state index contributed by atoms with van der Waals surface area (Å²) in [5.74, 6) is -0.202. The van der Waals surface area contributed by atoms with Crippen LogP contribution in [0.4, 0.5) is 5.69 Å². The highest BCUT2D eigenvalue weighted by Gasteiger charge is 2.13. The molecule has 0 aliphatic rings. The predicted molar refractivity (Wildman–Crippen MR) is 64.0 cm³/mol. The number of nitrogens with two attached hydrogens (primary N) is 1. The van der Waals surface area contributed by atoms with Gasteiger partial charge in [-0.1, -0.05) is 15.9 Å². The number of anilines is 1. The van der Waals surface area contributed by atoms with Crippen LogP contribution >= 0.6 is 15.9 Å². The van der Waals surface area contributed by atoms with Crippen molar-refractivity contribution >= 4 is 27.4 Å². The molecule has 0 radical (unpaired) electrons. The summed E-state index contributed by atoms with van der Waals surface area (Å²) >= 11 is 3.30. The van der Waals surface area contributed by atoms with Crippen LogP contribution in [0.1, 0.15) is 16.1 Å². The molecule has 2 N–H and O–H groups in total. The van der Waals surface area contributed by atoms with E-state index in [9.17, 15) is 4.79 Å². The van der Waals surface area contributed by atoms with Gasteiger partial charge in [-0.15, -0.1) is 0 Å². The number of benzene rings is 1. The van der Waals surface area contributed by atoms with Crippen LogP contribution in [0.3, 0.4) is 0 Å². The molecule has 1 aromatic carbocycles. The standard InChI is InChI=1S/C11H8BrN3O/c12-9-2-1-7(13)5-8(9)11(16)10-6-14-3-4-15-10/h1-6H,13H2. The van der Waals surface area contributed by atoms with Crippen molar-refractivity contribution in [2.45, 2.75) is 0 Å². The summed E-state index contributed by atoms with van der Waals surface area (Å²) in [5, 5.41) is 0. The average molecular weight is 278 g/mol. The topological polar surface area (TPSA) is 68.9 Å². The van der Waals surface area contributed by atoms with Crippen LogP contribution in [-0.2, 0) is 0 Å². The monoisotopic (exact) mass is 277 g/mol. The fourth-order valence-corrected chi connectivity index (χ4v) is 1.70. The third kappa shape index (κ3) is 2.09. The van der Waals surface area contributed by atoms with E-state index in [0.717, 1.165) is 0 Å². The molecule has 1 aromatic heterocycles. The number of hydrogen-bond donors (Lipinski definition) is 1. The van der Waals surface area contributed by atoms with Gasteiger partial charge >= 0.3 is 0 Å². The van der Waals surface area contributed by atoms with Gasteiger partial charge in [0.25, 0.3) is 0 Å². The fraction of sp³-hybridized carbons (Fsp3) is 0. The molecule has 0 bridgehead atoms. The first-order valence-corrected chi connectivity index (χ1v) is 5.33. The van der Waals surface area contributed by atoms with Crippen molar-refractivity contribution < 1.29 is 4.79 Å². The zero-order chi connectivity index (χ0) is 11.5. The van der Waals surface area contributed by atoms with Crippen molar-refractivity contribution in [3.8, 4) is 0 Å².